The highest BCUT2D eigenvalue weighted by molar-refractivity contribution is 6.30. The van der Waals surface area contributed by atoms with Crippen LogP contribution in [-0.4, -0.2) is 42.3 Å². The van der Waals surface area contributed by atoms with Gasteiger partial charge in [0.1, 0.15) is 29.0 Å². The van der Waals surface area contributed by atoms with Crippen molar-refractivity contribution < 1.29 is 23.0 Å². The van der Waals surface area contributed by atoms with Crippen molar-refractivity contribution in [2.45, 2.75) is 0 Å². The zero-order valence-electron chi connectivity index (χ0n) is 18.8. The maximum Gasteiger partial charge on any atom is 0.323 e. The summed E-state index contributed by atoms with van der Waals surface area (Å²) in [7, 11) is 0. The first kappa shape index (κ1) is 23.7. The number of carbonyl (C=O) groups is 1. The molecule has 0 spiro atoms. The lowest BCUT2D eigenvalue weighted by atomic mass is 10.2. The minimum absolute atomic E-state index is 0.0707. The lowest BCUT2D eigenvalue weighted by Gasteiger charge is -2.27. The fourth-order valence-corrected chi connectivity index (χ4v) is 3.76. The van der Waals surface area contributed by atoms with E-state index < -0.39 is 17.7 Å². The molecule has 0 unspecified atom stereocenters. The predicted octanol–water partition coefficient (Wildman–Crippen LogP) is 5.83. The number of anilines is 3. The number of morpholine rings is 1. The van der Waals surface area contributed by atoms with Crippen molar-refractivity contribution in [3.05, 3.63) is 77.5 Å². The van der Waals surface area contributed by atoms with Gasteiger partial charge in [0.05, 0.1) is 41.2 Å². The van der Waals surface area contributed by atoms with Gasteiger partial charge in [-0.3, -0.25) is 4.98 Å². The Hall–Kier alpha value is -4.02. The number of urea groups is 1. The first-order valence-electron chi connectivity index (χ1n) is 11.0. The summed E-state index contributed by atoms with van der Waals surface area (Å²) in [4.78, 5) is 23.4. The van der Waals surface area contributed by atoms with E-state index in [-0.39, 0.29) is 22.1 Å². The van der Waals surface area contributed by atoms with E-state index in [1.54, 1.807) is 24.4 Å². The molecular formula is C25H20ClF2N5O3. The van der Waals surface area contributed by atoms with Crippen LogP contribution in [0.15, 0.2) is 60.8 Å². The van der Waals surface area contributed by atoms with E-state index in [0.717, 1.165) is 31.0 Å². The lowest BCUT2D eigenvalue weighted by Crippen LogP contribution is -2.36. The summed E-state index contributed by atoms with van der Waals surface area (Å²) in [6.45, 7) is 2.76. The van der Waals surface area contributed by atoms with Crippen LogP contribution in [0.1, 0.15) is 0 Å². The molecule has 1 aromatic heterocycles. The molecule has 184 valence electrons. The number of aromatic nitrogens is 2. The Labute approximate surface area is 209 Å². The summed E-state index contributed by atoms with van der Waals surface area (Å²) in [6, 6.07) is 12.3. The molecular weight excluding hydrogens is 492 g/mol. The number of halogens is 3. The van der Waals surface area contributed by atoms with Crippen molar-refractivity contribution >= 4 is 45.9 Å². The number of hydrogen-bond acceptors (Lipinski definition) is 6. The van der Waals surface area contributed by atoms with Crippen LogP contribution in [0.2, 0.25) is 5.02 Å². The molecule has 2 heterocycles. The molecule has 2 N–H and O–H groups in total. The summed E-state index contributed by atoms with van der Waals surface area (Å²) in [6.07, 6.45) is 1.73. The van der Waals surface area contributed by atoms with Gasteiger partial charge in [-0.1, -0.05) is 11.6 Å². The Morgan fingerprint density at radius 3 is 2.50 bits per heavy atom. The van der Waals surface area contributed by atoms with Crippen molar-refractivity contribution in [3.8, 4) is 11.5 Å². The van der Waals surface area contributed by atoms with E-state index in [2.05, 4.69) is 25.5 Å². The Bertz CT molecular complexity index is 1430. The average Bonchev–Trinajstić information content (AvgIpc) is 2.88. The largest absolute Gasteiger partial charge is 0.457 e. The Morgan fingerprint density at radius 1 is 0.944 bits per heavy atom. The molecule has 0 bridgehead atoms. The summed E-state index contributed by atoms with van der Waals surface area (Å²) in [5.41, 5.74) is 1.45. The van der Waals surface area contributed by atoms with Crippen LogP contribution in [0, 0.1) is 11.6 Å². The molecule has 0 radical (unpaired) electrons. The molecule has 5 rings (SSSR count). The smallest absolute Gasteiger partial charge is 0.323 e. The minimum Gasteiger partial charge on any atom is -0.457 e. The Kier molecular flexibility index (Phi) is 6.79. The fourth-order valence-electron chi connectivity index (χ4n) is 3.65. The number of ether oxygens (including phenoxy) is 2. The summed E-state index contributed by atoms with van der Waals surface area (Å²) in [5.74, 6) is 0.0525. The second-order valence-corrected chi connectivity index (χ2v) is 8.34. The van der Waals surface area contributed by atoms with Crippen LogP contribution < -0.4 is 20.3 Å². The molecule has 8 nitrogen and oxygen atoms in total. The monoisotopic (exact) mass is 511 g/mol. The van der Waals surface area contributed by atoms with E-state index in [0.29, 0.717) is 30.0 Å². The molecule has 0 atom stereocenters. The van der Waals surface area contributed by atoms with Gasteiger partial charge in [-0.25, -0.2) is 18.6 Å². The van der Waals surface area contributed by atoms with Crippen molar-refractivity contribution in [1.29, 1.82) is 0 Å². The fraction of sp³-hybridized carbons (Fsp3) is 0.160. The molecule has 1 aliphatic heterocycles. The molecule has 2 amide bonds. The summed E-state index contributed by atoms with van der Waals surface area (Å²) in [5, 5.41) is 4.72. The van der Waals surface area contributed by atoms with Gasteiger partial charge in [0.2, 0.25) is 0 Å². The third-order valence-corrected chi connectivity index (χ3v) is 5.74. The van der Waals surface area contributed by atoms with Crippen LogP contribution in [0.5, 0.6) is 11.5 Å². The first-order chi connectivity index (χ1) is 17.4. The topological polar surface area (TPSA) is 88.6 Å². The van der Waals surface area contributed by atoms with Gasteiger partial charge in [0, 0.05) is 30.9 Å². The Morgan fingerprint density at radius 2 is 1.72 bits per heavy atom. The van der Waals surface area contributed by atoms with Crippen LogP contribution in [-0.2, 0) is 4.74 Å². The predicted molar refractivity (Wildman–Crippen MR) is 133 cm³/mol. The number of hydrogen-bond donors (Lipinski definition) is 2. The van der Waals surface area contributed by atoms with E-state index >= 15 is 0 Å². The van der Waals surface area contributed by atoms with Crippen LogP contribution in [0.3, 0.4) is 0 Å². The zero-order chi connectivity index (χ0) is 25.1. The van der Waals surface area contributed by atoms with Gasteiger partial charge >= 0.3 is 6.03 Å². The number of rotatable bonds is 5. The van der Waals surface area contributed by atoms with Crippen molar-refractivity contribution in [2.75, 3.05) is 41.8 Å². The number of nitrogens with one attached hydrogen (secondary N) is 2. The number of carbonyl (C=O) groups excluding carboxylic acids is 1. The summed E-state index contributed by atoms with van der Waals surface area (Å²) < 4.78 is 39.4. The maximum absolute atomic E-state index is 14.6. The third-order valence-electron chi connectivity index (χ3n) is 5.44. The van der Waals surface area contributed by atoms with Crippen molar-refractivity contribution in [3.63, 3.8) is 0 Å². The van der Waals surface area contributed by atoms with Gasteiger partial charge < -0.3 is 25.0 Å². The molecule has 0 aliphatic carbocycles. The van der Waals surface area contributed by atoms with Gasteiger partial charge in [-0.2, -0.15) is 0 Å². The molecule has 1 fully saturated rings. The number of benzene rings is 3. The standard InChI is InChI=1S/C25H20ClF2N5O3/c26-18-4-1-15(11-19(18)27)30-25(34)32-21-5-2-16(12-20(21)28)36-17-3-6-22-23(13-17)31-24(14-29-22)33-7-9-35-10-8-33/h1-6,11-14H,7-10H2,(H2,30,32,34). The quantitative estimate of drug-likeness (QED) is 0.350. The van der Waals surface area contributed by atoms with E-state index in [1.165, 1.54) is 24.3 Å². The van der Waals surface area contributed by atoms with Crippen molar-refractivity contribution in [2.24, 2.45) is 0 Å². The molecule has 0 saturated carbocycles. The third kappa shape index (κ3) is 5.45. The lowest BCUT2D eigenvalue weighted by molar-refractivity contribution is 0.122. The van der Waals surface area contributed by atoms with Crippen LogP contribution in [0.25, 0.3) is 11.0 Å². The highest BCUT2D eigenvalue weighted by Gasteiger charge is 2.14. The Balaban J connectivity index is 1.27. The zero-order valence-corrected chi connectivity index (χ0v) is 19.6. The van der Waals surface area contributed by atoms with Gasteiger partial charge in [0.25, 0.3) is 0 Å². The van der Waals surface area contributed by atoms with E-state index in [4.69, 9.17) is 21.1 Å². The second-order valence-electron chi connectivity index (χ2n) is 7.93. The number of fused-ring (bicyclic) bond motifs is 1. The van der Waals surface area contributed by atoms with Gasteiger partial charge in [-0.05, 0) is 42.5 Å². The normalized spacial score (nSPS) is 13.5. The SMILES string of the molecule is O=C(Nc1ccc(Cl)c(F)c1)Nc1ccc(Oc2ccc3ncc(N4CCOCC4)nc3c2)cc1F. The number of nitrogens with zero attached hydrogens (tertiary/aromatic N) is 3. The van der Waals surface area contributed by atoms with Crippen molar-refractivity contribution in [1.82, 2.24) is 9.97 Å². The first-order valence-corrected chi connectivity index (χ1v) is 11.4. The van der Waals surface area contributed by atoms with Crippen LogP contribution >= 0.6 is 11.6 Å². The average molecular weight is 512 g/mol. The molecule has 1 aliphatic rings. The highest BCUT2D eigenvalue weighted by Crippen LogP contribution is 2.28. The molecule has 1 saturated heterocycles. The molecule has 3 aromatic carbocycles. The maximum atomic E-state index is 14.6. The van der Waals surface area contributed by atoms with E-state index in [9.17, 15) is 13.6 Å². The number of amides is 2. The van der Waals surface area contributed by atoms with Gasteiger partial charge in [0.15, 0.2) is 0 Å². The minimum atomic E-state index is -0.742. The highest BCUT2D eigenvalue weighted by atomic mass is 35.5. The molecule has 11 heteroatoms. The molecule has 4 aromatic rings. The summed E-state index contributed by atoms with van der Waals surface area (Å²) >= 11 is 5.63. The van der Waals surface area contributed by atoms with Crippen LogP contribution in [0.4, 0.5) is 30.8 Å². The van der Waals surface area contributed by atoms with Gasteiger partial charge in [-0.15, -0.1) is 0 Å². The van der Waals surface area contributed by atoms with E-state index in [1.807, 2.05) is 0 Å². The second kappa shape index (κ2) is 10.3. The molecule has 36 heavy (non-hydrogen) atoms.